The van der Waals surface area contributed by atoms with Crippen molar-refractivity contribution in [2.45, 2.75) is 50.2 Å². The number of carbonyl (C=O) groups is 2. The van der Waals surface area contributed by atoms with Crippen molar-refractivity contribution in [2.24, 2.45) is 0 Å². The lowest BCUT2D eigenvalue weighted by Crippen LogP contribution is -2.56. The van der Waals surface area contributed by atoms with E-state index in [2.05, 4.69) is 21.2 Å². The monoisotopic (exact) mass is 649 g/mol. The van der Waals surface area contributed by atoms with Gasteiger partial charge in [0.1, 0.15) is 6.04 Å². The highest BCUT2D eigenvalue weighted by Crippen LogP contribution is 2.23. The Morgan fingerprint density at radius 2 is 1.48 bits per heavy atom. The first-order valence-corrected chi connectivity index (χ1v) is 15.9. The molecule has 1 atom stereocenters. The van der Waals surface area contributed by atoms with Crippen molar-refractivity contribution in [3.05, 3.63) is 113 Å². The quantitative estimate of drug-likeness (QED) is 0.236. The molecular weight excluding hydrogens is 614 g/mol. The largest absolute Gasteiger partial charge is 0.350 e. The molecule has 4 aromatic carbocycles. The van der Waals surface area contributed by atoms with Gasteiger partial charge in [0.15, 0.2) is 0 Å². The predicted octanol–water partition coefficient (Wildman–Crippen LogP) is 5.78. The topological polar surface area (TPSA) is 86.8 Å². The van der Waals surface area contributed by atoms with Crippen LogP contribution in [-0.4, -0.2) is 54.6 Å². The molecule has 7 nitrogen and oxygen atoms in total. The van der Waals surface area contributed by atoms with Crippen LogP contribution in [0.3, 0.4) is 0 Å². The molecule has 4 rings (SSSR count). The van der Waals surface area contributed by atoms with Crippen LogP contribution in [-0.2, 0) is 32.6 Å². The van der Waals surface area contributed by atoms with E-state index in [1.165, 1.54) is 11.9 Å². The SMILES string of the molecule is CN(CC(=O)N(Cc1cccc(Br)c1)[C@@H](Cc1ccccc1)C(=O)NC(C)(C)C)S(=O)(=O)c1ccc2ccccc2c1. The molecule has 0 aliphatic rings. The third-order valence-electron chi connectivity index (χ3n) is 6.80. The van der Waals surface area contributed by atoms with Gasteiger partial charge in [-0.05, 0) is 66.9 Å². The Morgan fingerprint density at radius 3 is 2.14 bits per heavy atom. The van der Waals surface area contributed by atoms with Crippen LogP contribution in [0.1, 0.15) is 31.9 Å². The Morgan fingerprint density at radius 1 is 0.833 bits per heavy atom. The Bertz CT molecular complexity index is 1670. The number of amides is 2. The highest BCUT2D eigenvalue weighted by Gasteiger charge is 2.34. The lowest BCUT2D eigenvalue weighted by molar-refractivity contribution is -0.141. The van der Waals surface area contributed by atoms with E-state index in [-0.39, 0.29) is 23.8 Å². The number of nitrogens with zero attached hydrogens (tertiary/aromatic N) is 2. The van der Waals surface area contributed by atoms with Gasteiger partial charge in [0, 0.05) is 30.0 Å². The van der Waals surface area contributed by atoms with Gasteiger partial charge in [-0.2, -0.15) is 4.31 Å². The summed E-state index contributed by atoms with van der Waals surface area (Å²) in [4.78, 5) is 29.4. The minimum atomic E-state index is -3.99. The molecule has 0 spiro atoms. The van der Waals surface area contributed by atoms with Gasteiger partial charge in [0.25, 0.3) is 0 Å². The number of carbonyl (C=O) groups excluding carboxylic acids is 2. The molecule has 0 aliphatic carbocycles. The molecule has 220 valence electrons. The standard InChI is InChI=1S/C33H36BrN3O4S/c1-33(2,3)35-32(39)30(20-24-11-6-5-7-12-24)37(22-25-13-10-16-28(34)19-25)31(38)23-36(4)42(40,41)29-18-17-26-14-8-9-15-27(26)21-29/h5-19,21,30H,20,22-23H2,1-4H3,(H,35,39)/t30-/m0/s1. The Kier molecular flexibility index (Phi) is 9.86. The maximum Gasteiger partial charge on any atom is 0.243 e. The van der Waals surface area contributed by atoms with Crippen LogP contribution < -0.4 is 5.32 Å². The molecular formula is C33H36BrN3O4S. The van der Waals surface area contributed by atoms with Crippen LogP contribution in [0.5, 0.6) is 0 Å². The summed E-state index contributed by atoms with van der Waals surface area (Å²) in [6, 6.07) is 28.5. The molecule has 0 radical (unpaired) electrons. The van der Waals surface area contributed by atoms with E-state index in [1.54, 1.807) is 18.2 Å². The van der Waals surface area contributed by atoms with E-state index < -0.39 is 34.1 Å². The highest BCUT2D eigenvalue weighted by molar-refractivity contribution is 9.10. The fourth-order valence-corrected chi connectivity index (χ4v) is 6.32. The molecule has 0 saturated carbocycles. The molecule has 0 aliphatic heterocycles. The maximum absolute atomic E-state index is 14.1. The van der Waals surface area contributed by atoms with Crippen LogP contribution in [0.2, 0.25) is 0 Å². The second-order valence-electron chi connectivity index (χ2n) is 11.4. The maximum atomic E-state index is 14.1. The number of halogens is 1. The first kappa shape index (κ1) is 31.4. The lowest BCUT2D eigenvalue weighted by atomic mass is 10.0. The predicted molar refractivity (Wildman–Crippen MR) is 170 cm³/mol. The van der Waals surface area contributed by atoms with Crippen molar-refractivity contribution in [2.75, 3.05) is 13.6 Å². The number of rotatable bonds is 10. The van der Waals surface area contributed by atoms with Crippen LogP contribution in [0, 0.1) is 0 Å². The summed E-state index contributed by atoms with van der Waals surface area (Å²) in [7, 11) is -2.60. The fourth-order valence-electron chi connectivity index (χ4n) is 4.71. The molecule has 0 aromatic heterocycles. The van der Waals surface area contributed by atoms with Crippen molar-refractivity contribution in [3.8, 4) is 0 Å². The zero-order valence-electron chi connectivity index (χ0n) is 24.2. The third kappa shape index (κ3) is 8.06. The molecule has 0 fully saturated rings. The van der Waals surface area contributed by atoms with E-state index in [1.807, 2.05) is 99.6 Å². The van der Waals surface area contributed by atoms with Crippen LogP contribution in [0.25, 0.3) is 10.8 Å². The highest BCUT2D eigenvalue weighted by atomic mass is 79.9. The third-order valence-corrected chi connectivity index (χ3v) is 9.09. The van der Waals surface area contributed by atoms with E-state index in [9.17, 15) is 18.0 Å². The number of nitrogens with one attached hydrogen (secondary N) is 1. The van der Waals surface area contributed by atoms with Gasteiger partial charge in [-0.25, -0.2) is 8.42 Å². The lowest BCUT2D eigenvalue weighted by Gasteiger charge is -2.34. The van der Waals surface area contributed by atoms with Crippen LogP contribution in [0.4, 0.5) is 0 Å². The van der Waals surface area contributed by atoms with Gasteiger partial charge in [-0.3, -0.25) is 9.59 Å². The van der Waals surface area contributed by atoms with Crippen LogP contribution >= 0.6 is 15.9 Å². The van der Waals surface area contributed by atoms with Gasteiger partial charge < -0.3 is 10.2 Å². The van der Waals surface area contributed by atoms with Crippen molar-refractivity contribution < 1.29 is 18.0 Å². The Hall–Kier alpha value is -3.53. The van der Waals surface area contributed by atoms with Gasteiger partial charge in [-0.15, -0.1) is 0 Å². The number of hydrogen-bond donors (Lipinski definition) is 1. The molecule has 0 heterocycles. The minimum Gasteiger partial charge on any atom is -0.350 e. The first-order valence-electron chi connectivity index (χ1n) is 13.7. The minimum absolute atomic E-state index is 0.0985. The van der Waals surface area contributed by atoms with E-state index >= 15 is 0 Å². The summed E-state index contributed by atoms with van der Waals surface area (Å²) in [5, 5.41) is 4.73. The molecule has 0 unspecified atom stereocenters. The van der Waals surface area contributed by atoms with Crippen molar-refractivity contribution in [1.29, 1.82) is 0 Å². The van der Waals surface area contributed by atoms with Gasteiger partial charge in [0.2, 0.25) is 21.8 Å². The number of benzene rings is 4. The van der Waals surface area contributed by atoms with Crippen molar-refractivity contribution >= 4 is 48.5 Å². The molecule has 1 N–H and O–H groups in total. The molecule has 2 amide bonds. The normalized spacial score (nSPS) is 12.7. The number of fused-ring (bicyclic) bond motifs is 1. The number of sulfonamides is 1. The summed E-state index contributed by atoms with van der Waals surface area (Å²) in [5.74, 6) is -0.790. The fraction of sp³-hybridized carbons (Fsp3) is 0.273. The smallest absolute Gasteiger partial charge is 0.243 e. The van der Waals surface area contributed by atoms with E-state index in [4.69, 9.17) is 0 Å². The Labute approximate surface area is 256 Å². The van der Waals surface area contributed by atoms with Gasteiger partial charge >= 0.3 is 0 Å². The second kappa shape index (κ2) is 13.2. The van der Waals surface area contributed by atoms with Gasteiger partial charge in [-0.1, -0.05) is 88.7 Å². The average Bonchev–Trinajstić information content (AvgIpc) is 2.94. The molecule has 42 heavy (non-hydrogen) atoms. The summed E-state index contributed by atoms with van der Waals surface area (Å²) in [6.45, 7) is 5.34. The van der Waals surface area contributed by atoms with Gasteiger partial charge in [0.05, 0.1) is 11.4 Å². The number of likely N-dealkylation sites (N-methyl/N-ethyl adjacent to an activating group) is 1. The first-order chi connectivity index (χ1) is 19.8. The number of hydrogen-bond acceptors (Lipinski definition) is 4. The molecule has 4 aromatic rings. The van der Waals surface area contributed by atoms with Crippen molar-refractivity contribution in [1.82, 2.24) is 14.5 Å². The summed E-state index contributed by atoms with van der Waals surface area (Å²) in [6.07, 6.45) is 0.267. The zero-order chi connectivity index (χ0) is 30.5. The summed E-state index contributed by atoms with van der Waals surface area (Å²) in [5.41, 5.74) is 1.15. The van der Waals surface area contributed by atoms with Crippen molar-refractivity contribution in [3.63, 3.8) is 0 Å². The van der Waals surface area contributed by atoms with Crippen LogP contribution in [0.15, 0.2) is 106 Å². The molecule has 0 saturated heterocycles. The second-order valence-corrected chi connectivity index (χ2v) is 14.3. The molecule has 9 heteroatoms. The summed E-state index contributed by atoms with van der Waals surface area (Å²) >= 11 is 3.49. The average molecular weight is 651 g/mol. The van der Waals surface area contributed by atoms with E-state index in [0.29, 0.717) is 0 Å². The zero-order valence-corrected chi connectivity index (χ0v) is 26.7. The molecule has 0 bridgehead atoms. The van der Waals surface area contributed by atoms with E-state index in [0.717, 1.165) is 30.7 Å². The summed E-state index contributed by atoms with van der Waals surface area (Å²) < 4.78 is 29.1. The Balaban J connectivity index is 1.69.